The third-order valence-electron chi connectivity index (χ3n) is 4.25. The van der Waals surface area contributed by atoms with Crippen molar-refractivity contribution in [2.75, 3.05) is 11.9 Å². The maximum atomic E-state index is 12.7. The summed E-state index contributed by atoms with van der Waals surface area (Å²) < 4.78 is 43.5. The van der Waals surface area contributed by atoms with Crippen LogP contribution in [0, 0.1) is 0 Å². The predicted octanol–water partition coefficient (Wildman–Crippen LogP) is 5.97. The minimum Gasteiger partial charge on any atom is -0.479 e. The second kappa shape index (κ2) is 9.61. The lowest BCUT2D eigenvalue weighted by molar-refractivity contribution is -0.139. The number of thiophene rings is 1. The van der Waals surface area contributed by atoms with Crippen molar-refractivity contribution in [3.63, 3.8) is 0 Å². The second-order valence-electron chi connectivity index (χ2n) is 6.52. The summed E-state index contributed by atoms with van der Waals surface area (Å²) in [6.45, 7) is -0.412. The number of hydrogen-bond donors (Lipinski definition) is 3. The van der Waals surface area contributed by atoms with Gasteiger partial charge in [-0.1, -0.05) is 24.3 Å². The summed E-state index contributed by atoms with van der Waals surface area (Å²) in [7, 11) is 0. The maximum absolute atomic E-state index is 12.7. The van der Waals surface area contributed by atoms with Gasteiger partial charge in [0.25, 0.3) is 0 Å². The fourth-order valence-corrected chi connectivity index (χ4v) is 4.66. The number of carbonyl (C=O) groups is 2. The fourth-order valence-electron chi connectivity index (χ4n) is 2.77. The number of anilines is 1. The highest BCUT2D eigenvalue weighted by atomic mass is 79.9. The van der Waals surface area contributed by atoms with Crippen LogP contribution in [0.1, 0.15) is 20.8 Å². The highest BCUT2D eigenvalue weighted by molar-refractivity contribution is 9.10. The van der Waals surface area contributed by atoms with E-state index in [1.54, 1.807) is 24.3 Å². The van der Waals surface area contributed by atoms with E-state index in [2.05, 4.69) is 21.2 Å². The molecule has 11 heteroatoms. The quantitative estimate of drug-likeness (QED) is 0.332. The molecule has 32 heavy (non-hydrogen) atoms. The first-order chi connectivity index (χ1) is 15.1. The minimum atomic E-state index is -4.39. The van der Waals surface area contributed by atoms with Gasteiger partial charge < -0.3 is 20.3 Å². The van der Waals surface area contributed by atoms with Crippen LogP contribution in [0.15, 0.2) is 53.0 Å². The number of halogens is 4. The number of carboxylic acid groups (broad SMARTS) is 2. The van der Waals surface area contributed by atoms with Crippen molar-refractivity contribution in [1.29, 1.82) is 0 Å². The van der Waals surface area contributed by atoms with Crippen LogP contribution in [0.5, 0.6) is 5.75 Å². The van der Waals surface area contributed by atoms with Crippen LogP contribution < -0.4 is 10.1 Å². The zero-order valence-electron chi connectivity index (χ0n) is 16.1. The first kappa shape index (κ1) is 23.6. The average molecular weight is 530 g/mol. The van der Waals surface area contributed by atoms with E-state index < -0.39 is 30.3 Å². The van der Waals surface area contributed by atoms with Gasteiger partial charge in [0.05, 0.1) is 14.9 Å². The van der Waals surface area contributed by atoms with E-state index in [9.17, 15) is 27.9 Å². The lowest BCUT2D eigenvalue weighted by atomic mass is 10.1. The van der Waals surface area contributed by atoms with Crippen molar-refractivity contribution in [1.82, 2.24) is 0 Å². The van der Waals surface area contributed by atoms with Crippen molar-refractivity contribution in [2.24, 2.45) is 0 Å². The summed E-state index contributed by atoms with van der Waals surface area (Å²) in [5.74, 6) is -2.56. The summed E-state index contributed by atoms with van der Waals surface area (Å²) in [6.07, 6.45) is -4.39. The first-order valence-corrected chi connectivity index (χ1v) is 10.6. The molecule has 0 saturated heterocycles. The Labute approximate surface area is 192 Å². The van der Waals surface area contributed by atoms with Crippen LogP contribution in [0.3, 0.4) is 0 Å². The lowest BCUT2D eigenvalue weighted by Gasteiger charge is -2.10. The SMILES string of the molecule is O=C(O)COc1c(C(=O)O)sc(-c2cccc(NCc3ccc(C(F)(F)F)cc3)c2)c1Br. The van der Waals surface area contributed by atoms with Gasteiger partial charge in [-0.2, -0.15) is 13.2 Å². The monoisotopic (exact) mass is 529 g/mol. The molecule has 3 aromatic rings. The number of hydrogen-bond acceptors (Lipinski definition) is 5. The third-order valence-corrected chi connectivity index (χ3v) is 6.47. The van der Waals surface area contributed by atoms with Crippen molar-refractivity contribution in [3.8, 4) is 16.2 Å². The Morgan fingerprint density at radius 2 is 1.78 bits per heavy atom. The van der Waals surface area contributed by atoms with Crippen LogP contribution in [0.2, 0.25) is 0 Å². The van der Waals surface area contributed by atoms with E-state index in [-0.39, 0.29) is 17.2 Å². The van der Waals surface area contributed by atoms with Gasteiger partial charge in [-0.15, -0.1) is 11.3 Å². The van der Waals surface area contributed by atoms with Crippen molar-refractivity contribution >= 4 is 44.9 Å². The molecule has 0 fully saturated rings. The Morgan fingerprint density at radius 3 is 2.38 bits per heavy atom. The Balaban J connectivity index is 1.81. The van der Waals surface area contributed by atoms with Crippen LogP contribution >= 0.6 is 27.3 Å². The molecular weight excluding hydrogens is 515 g/mol. The molecule has 0 aliphatic rings. The molecule has 3 rings (SSSR count). The van der Waals surface area contributed by atoms with Gasteiger partial charge in [-0.3, -0.25) is 0 Å². The van der Waals surface area contributed by atoms with E-state index in [0.29, 0.717) is 26.2 Å². The highest BCUT2D eigenvalue weighted by Gasteiger charge is 2.30. The van der Waals surface area contributed by atoms with Gasteiger partial charge in [-0.25, -0.2) is 9.59 Å². The van der Waals surface area contributed by atoms with Gasteiger partial charge in [0.2, 0.25) is 0 Å². The lowest BCUT2D eigenvalue weighted by Crippen LogP contribution is -2.11. The van der Waals surface area contributed by atoms with Gasteiger partial charge in [0.1, 0.15) is 0 Å². The Hall–Kier alpha value is -3.05. The maximum Gasteiger partial charge on any atom is 0.416 e. The molecule has 0 atom stereocenters. The number of benzene rings is 2. The van der Waals surface area contributed by atoms with E-state index >= 15 is 0 Å². The molecule has 0 aliphatic heterocycles. The molecule has 0 aliphatic carbocycles. The summed E-state index contributed by atoms with van der Waals surface area (Å²) in [5, 5.41) is 21.4. The van der Waals surface area contributed by atoms with E-state index in [1.165, 1.54) is 12.1 Å². The van der Waals surface area contributed by atoms with Gasteiger partial charge in [0, 0.05) is 12.2 Å². The molecule has 2 aromatic carbocycles. The number of rotatable bonds is 8. The molecule has 0 saturated carbocycles. The summed E-state index contributed by atoms with van der Waals surface area (Å²) >= 11 is 4.22. The molecule has 0 bridgehead atoms. The number of carboxylic acids is 2. The zero-order valence-corrected chi connectivity index (χ0v) is 18.5. The topological polar surface area (TPSA) is 95.9 Å². The zero-order chi connectivity index (χ0) is 23.5. The molecular formula is C21H15BrF3NO5S. The van der Waals surface area contributed by atoms with Crippen LogP contribution in [0.4, 0.5) is 18.9 Å². The molecule has 0 spiro atoms. The highest BCUT2D eigenvalue weighted by Crippen LogP contribution is 2.46. The number of alkyl halides is 3. The van der Waals surface area contributed by atoms with Crippen LogP contribution in [0.25, 0.3) is 10.4 Å². The first-order valence-electron chi connectivity index (χ1n) is 8.97. The van der Waals surface area contributed by atoms with E-state index in [1.807, 2.05) is 0 Å². The van der Waals surface area contributed by atoms with Gasteiger partial charge in [0.15, 0.2) is 17.2 Å². The summed E-state index contributed by atoms with van der Waals surface area (Å²) in [6, 6.07) is 11.8. The third kappa shape index (κ3) is 5.60. The van der Waals surface area contributed by atoms with Crippen molar-refractivity contribution in [2.45, 2.75) is 12.7 Å². The van der Waals surface area contributed by atoms with Crippen molar-refractivity contribution in [3.05, 3.63) is 69.0 Å². The molecule has 1 aromatic heterocycles. The molecule has 0 unspecified atom stereocenters. The number of aromatic carboxylic acids is 1. The predicted molar refractivity (Wildman–Crippen MR) is 116 cm³/mol. The molecule has 0 amide bonds. The van der Waals surface area contributed by atoms with Crippen LogP contribution in [-0.2, 0) is 17.5 Å². The molecule has 0 radical (unpaired) electrons. The minimum absolute atomic E-state index is 0.0667. The summed E-state index contributed by atoms with van der Waals surface area (Å²) in [5.41, 5.74) is 1.23. The fraction of sp³-hybridized carbons (Fsp3) is 0.143. The Bertz CT molecular complexity index is 1150. The Morgan fingerprint density at radius 1 is 1.09 bits per heavy atom. The number of nitrogens with one attached hydrogen (secondary N) is 1. The standard InChI is InChI=1S/C21H15BrF3NO5S/c22-16-17(31-10-15(27)28)19(20(29)30)32-18(16)12-2-1-3-14(8-12)26-9-11-4-6-13(7-5-11)21(23,24)25/h1-8,26H,9-10H2,(H,27,28)(H,29,30). The van der Waals surface area contributed by atoms with Gasteiger partial charge in [-0.05, 0) is 51.3 Å². The van der Waals surface area contributed by atoms with Crippen LogP contribution in [-0.4, -0.2) is 28.8 Å². The molecule has 3 N–H and O–H groups in total. The van der Waals surface area contributed by atoms with Crippen molar-refractivity contribution < 1.29 is 37.7 Å². The molecule has 168 valence electrons. The normalized spacial score (nSPS) is 11.2. The molecule has 1 heterocycles. The van der Waals surface area contributed by atoms with Gasteiger partial charge >= 0.3 is 18.1 Å². The number of aliphatic carboxylic acids is 1. The summed E-state index contributed by atoms with van der Waals surface area (Å²) in [4.78, 5) is 22.7. The van der Waals surface area contributed by atoms with E-state index in [4.69, 9.17) is 9.84 Å². The second-order valence-corrected chi connectivity index (χ2v) is 8.33. The number of ether oxygens (including phenoxy) is 1. The van der Waals surface area contributed by atoms with E-state index in [0.717, 1.165) is 23.5 Å². The smallest absolute Gasteiger partial charge is 0.416 e. The largest absolute Gasteiger partial charge is 0.479 e. The average Bonchev–Trinajstić information content (AvgIpc) is 3.07. The Kier molecular flexibility index (Phi) is 7.09. The molecule has 6 nitrogen and oxygen atoms in total.